The topological polar surface area (TPSA) is 80.3 Å². The van der Waals surface area contributed by atoms with Gasteiger partial charge in [0.25, 0.3) is 0 Å². The maximum absolute atomic E-state index is 10.7. The summed E-state index contributed by atoms with van der Waals surface area (Å²) in [6.45, 7) is 2.20. The SMILES string of the molecule is CCCCCCCCCCCC/C(=C\C(=O)[O-])C(=O)[O-].[K+].[K+]. The van der Waals surface area contributed by atoms with Gasteiger partial charge in [-0.2, -0.15) is 0 Å². The molecule has 0 radical (unpaired) electrons. The van der Waals surface area contributed by atoms with E-state index in [1.54, 1.807) is 0 Å². The predicted molar refractivity (Wildman–Crippen MR) is 74.6 cm³/mol. The van der Waals surface area contributed by atoms with Gasteiger partial charge in [0.2, 0.25) is 0 Å². The van der Waals surface area contributed by atoms with Crippen molar-refractivity contribution in [2.75, 3.05) is 0 Å². The molecule has 0 saturated carbocycles. The van der Waals surface area contributed by atoms with Crippen molar-refractivity contribution in [3.05, 3.63) is 11.6 Å². The van der Waals surface area contributed by atoms with Crippen LogP contribution in [0.4, 0.5) is 0 Å². The standard InChI is InChI=1S/C16H28O4.2K/c1-2-3-4-5-6-7-8-9-10-11-12-14(16(19)20)13-15(17)18;;/h13H,2-12H2,1H3,(H,17,18)(H,19,20);;/q;2*+1/p-2/b14-13+;;. The third kappa shape index (κ3) is 20.0. The first kappa shape index (κ1) is 28.7. The van der Waals surface area contributed by atoms with Crippen LogP contribution in [0.2, 0.25) is 0 Å². The van der Waals surface area contributed by atoms with Crippen molar-refractivity contribution in [1.29, 1.82) is 0 Å². The Hall–Kier alpha value is 1.95. The van der Waals surface area contributed by atoms with Crippen molar-refractivity contribution in [2.45, 2.75) is 77.6 Å². The van der Waals surface area contributed by atoms with Gasteiger partial charge in [-0.1, -0.05) is 64.7 Å². The van der Waals surface area contributed by atoms with Gasteiger partial charge in [0.15, 0.2) is 0 Å². The Morgan fingerprint density at radius 3 is 1.55 bits per heavy atom. The largest absolute Gasteiger partial charge is 1.00 e. The fraction of sp³-hybridized carbons (Fsp3) is 0.750. The molecular weight excluding hydrogens is 334 g/mol. The van der Waals surface area contributed by atoms with E-state index >= 15 is 0 Å². The van der Waals surface area contributed by atoms with Gasteiger partial charge < -0.3 is 19.8 Å². The van der Waals surface area contributed by atoms with E-state index in [-0.39, 0.29) is 115 Å². The van der Waals surface area contributed by atoms with E-state index in [0.29, 0.717) is 12.5 Å². The van der Waals surface area contributed by atoms with E-state index in [1.165, 1.54) is 38.5 Å². The molecule has 0 N–H and O–H groups in total. The van der Waals surface area contributed by atoms with E-state index in [1.807, 2.05) is 0 Å². The summed E-state index contributed by atoms with van der Waals surface area (Å²) >= 11 is 0. The average Bonchev–Trinajstić information content (AvgIpc) is 2.39. The summed E-state index contributed by atoms with van der Waals surface area (Å²) in [6.07, 6.45) is 12.4. The first-order chi connectivity index (χ1) is 9.57. The summed E-state index contributed by atoms with van der Waals surface area (Å²) in [6, 6.07) is 0. The van der Waals surface area contributed by atoms with E-state index in [4.69, 9.17) is 0 Å². The smallest absolute Gasteiger partial charge is 0.545 e. The van der Waals surface area contributed by atoms with Crippen LogP contribution in [-0.4, -0.2) is 11.9 Å². The quantitative estimate of drug-likeness (QED) is 0.189. The van der Waals surface area contributed by atoms with Gasteiger partial charge in [-0.15, -0.1) is 0 Å². The molecule has 0 spiro atoms. The van der Waals surface area contributed by atoms with Gasteiger partial charge in [-0.05, 0) is 24.5 Å². The summed E-state index contributed by atoms with van der Waals surface area (Å²) in [5.74, 6) is -2.89. The van der Waals surface area contributed by atoms with Crippen molar-refractivity contribution in [3.63, 3.8) is 0 Å². The minimum atomic E-state index is -1.48. The molecule has 0 rings (SSSR count). The molecule has 0 aliphatic carbocycles. The van der Waals surface area contributed by atoms with Crippen molar-refractivity contribution in [3.8, 4) is 0 Å². The number of carbonyl (C=O) groups excluding carboxylic acids is 2. The van der Waals surface area contributed by atoms with E-state index in [2.05, 4.69) is 6.92 Å². The van der Waals surface area contributed by atoms with Crippen LogP contribution >= 0.6 is 0 Å². The molecule has 0 aliphatic heterocycles. The van der Waals surface area contributed by atoms with Crippen LogP contribution < -0.4 is 113 Å². The minimum absolute atomic E-state index is 0. The molecule has 0 aliphatic rings. The number of carbonyl (C=O) groups is 2. The molecule has 0 fully saturated rings. The molecule has 116 valence electrons. The number of rotatable bonds is 13. The summed E-state index contributed by atoms with van der Waals surface area (Å²) in [4.78, 5) is 21.0. The first-order valence-electron chi connectivity index (χ1n) is 7.70. The Kier molecular flexibility index (Phi) is 27.4. The molecule has 22 heavy (non-hydrogen) atoms. The zero-order valence-corrected chi connectivity index (χ0v) is 20.7. The number of unbranched alkanes of at least 4 members (excludes halogenated alkanes) is 9. The molecule has 0 aromatic carbocycles. The fourth-order valence-corrected chi connectivity index (χ4v) is 2.18. The van der Waals surface area contributed by atoms with Crippen LogP contribution in [0.15, 0.2) is 11.6 Å². The second-order valence-electron chi connectivity index (χ2n) is 5.21. The van der Waals surface area contributed by atoms with Crippen LogP contribution in [0, 0.1) is 0 Å². The maximum Gasteiger partial charge on any atom is 1.00 e. The van der Waals surface area contributed by atoms with Crippen LogP contribution in [0.5, 0.6) is 0 Å². The van der Waals surface area contributed by atoms with Gasteiger partial charge in [0.1, 0.15) is 0 Å². The number of hydrogen-bond donors (Lipinski definition) is 0. The number of hydrogen-bond acceptors (Lipinski definition) is 4. The average molecular weight is 361 g/mol. The summed E-state index contributed by atoms with van der Waals surface area (Å²) in [5, 5.41) is 21.0. The van der Waals surface area contributed by atoms with Crippen LogP contribution in [0.1, 0.15) is 77.6 Å². The van der Waals surface area contributed by atoms with Crippen molar-refractivity contribution >= 4 is 11.9 Å². The summed E-state index contributed by atoms with van der Waals surface area (Å²) in [5.41, 5.74) is -0.176. The van der Waals surface area contributed by atoms with Crippen LogP contribution in [0.3, 0.4) is 0 Å². The third-order valence-corrected chi connectivity index (χ3v) is 3.35. The third-order valence-electron chi connectivity index (χ3n) is 3.35. The number of aliphatic carboxylic acids is 2. The van der Waals surface area contributed by atoms with Gasteiger partial charge in [0.05, 0.1) is 11.9 Å². The van der Waals surface area contributed by atoms with E-state index in [9.17, 15) is 19.8 Å². The van der Waals surface area contributed by atoms with Crippen LogP contribution in [-0.2, 0) is 9.59 Å². The normalized spacial score (nSPS) is 10.5. The van der Waals surface area contributed by atoms with E-state index < -0.39 is 11.9 Å². The first-order valence-corrected chi connectivity index (χ1v) is 7.70. The minimum Gasteiger partial charge on any atom is -0.545 e. The Balaban J connectivity index is -0.00000180. The Bertz CT molecular complexity index is 317. The molecule has 0 unspecified atom stereocenters. The second kappa shape index (κ2) is 21.0. The second-order valence-corrected chi connectivity index (χ2v) is 5.21. The molecule has 0 amide bonds. The Morgan fingerprint density at radius 1 is 0.773 bits per heavy atom. The Morgan fingerprint density at radius 2 is 1.18 bits per heavy atom. The van der Waals surface area contributed by atoms with Crippen molar-refractivity contribution in [2.24, 2.45) is 0 Å². The molecule has 0 heterocycles. The zero-order chi connectivity index (χ0) is 15.2. The molecular formula is C16H26K2O4. The summed E-state index contributed by atoms with van der Waals surface area (Å²) < 4.78 is 0. The van der Waals surface area contributed by atoms with Gasteiger partial charge >= 0.3 is 103 Å². The molecule has 0 aromatic rings. The van der Waals surface area contributed by atoms with Crippen LogP contribution in [0.25, 0.3) is 0 Å². The van der Waals surface area contributed by atoms with Crippen molar-refractivity contribution < 1.29 is 123 Å². The van der Waals surface area contributed by atoms with Gasteiger partial charge in [-0.3, -0.25) is 0 Å². The molecule has 0 bridgehead atoms. The predicted octanol–water partition coefficient (Wildman–Crippen LogP) is -4.27. The molecule has 0 saturated heterocycles. The monoisotopic (exact) mass is 360 g/mol. The molecule has 0 atom stereocenters. The fourth-order valence-electron chi connectivity index (χ4n) is 2.18. The van der Waals surface area contributed by atoms with Gasteiger partial charge in [0, 0.05) is 0 Å². The molecule has 6 heteroatoms. The zero-order valence-electron chi connectivity index (χ0n) is 14.5. The van der Waals surface area contributed by atoms with Gasteiger partial charge in [-0.25, -0.2) is 0 Å². The number of carboxylic acid groups (broad SMARTS) is 2. The number of carboxylic acids is 2. The maximum atomic E-state index is 10.7. The van der Waals surface area contributed by atoms with Crippen molar-refractivity contribution in [1.82, 2.24) is 0 Å². The molecule has 0 aromatic heterocycles. The Labute approximate surface area is 219 Å². The molecule has 4 nitrogen and oxygen atoms in total. The summed E-state index contributed by atoms with van der Waals surface area (Å²) in [7, 11) is 0. The van der Waals surface area contributed by atoms with E-state index in [0.717, 1.165) is 19.3 Å².